The highest BCUT2D eigenvalue weighted by Gasteiger charge is 2.18. The van der Waals surface area contributed by atoms with Gasteiger partial charge in [-0.1, -0.05) is 6.92 Å². The van der Waals surface area contributed by atoms with Crippen LogP contribution in [-0.2, 0) is 9.47 Å². The first-order valence-electron chi connectivity index (χ1n) is 7.27. The molecule has 2 atom stereocenters. The summed E-state index contributed by atoms with van der Waals surface area (Å²) >= 11 is 0. The van der Waals surface area contributed by atoms with Crippen LogP contribution in [-0.4, -0.2) is 63.5 Å². The molecule has 0 aliphatic heterocycles. The minimum absolute atomic E-state index is 0.184. The Morgan fingerprint density at radius 2 is 1.74 bits per heavy atom. The van der Waals surface area contributed by atoms with Crippen LogP contribution in [0.2, 0.25) is 0 Å². The van der Waals surface area contributed by atoms with Gasteiger partial charge in [-0.2, -0.15) is 0 Å². The fourth-order valence-electron chi connectivity index (χ4n) is 1.99. The molecular weight excluding hydrogens is 240 g/mol. The third-order valence-corrected chi connectivity index (χ3v) is 3.14. The minimum atomic E-state index is 0.184. The molecule has 0 bridgehead atoms. The summed E-state index contributed by atoms with van der Waals surface area (Å²) < 4.78 is 10.5. The Morgan fingerprint density at radius 3 is 2.21 bits per heavy atom. The highest BCUT2D eigenvalue weighted by molar-refractivity contribution is 4.75. The van der Waals surface area contributed by atoms with Crippen molar-refractivity contribution >= 4 is 0 Å². The fourth-order valence-corrected chi connectivity index (χ4v) is 1.99. The Hall–Kier alpha value is -0.160. The van der Waals surface area contributed by atoms with Crippen molar-refractivity contribution in [3.63, 3.8) is 0 Å². The Morgan fingerprint density at radius 1 is 1.11 bits per heavy atom. The van der Waals surface area contributed by atoms with Crippen molar-refractivity contribution < 1.29 is 9.47 Å². The molecule has 4 nitrogen and oxygen atoms in total. The molecule has 0 spiro atoms. The monoisotopic (exact) mass is 274 g/mol. The average Bonchev–Trinajstić information content (AvgIpc) is 2.31. The Balaban J connectivity index is 4.21. The molecule has 0 aromatic rings. The second-order valence-electron chi connectivity index (χ2n) is 6.53. The first kappa shape index (κ1) is 18.8. The molecule has 0 heterocycles. The normalized spacial score (nSPS) is 15.8. The van der Waals surface area contributed by atoms with Crippen LogP contribution < -0.4 is 5.32 Å². The summed E-state index contributed by atoms with van der Waals surface area (Å²) in [4.78, 5) is 2.45. The number of nitrogens with one attached hydrogen (secondary N) is 1. The van der Waals surface area contributed by atoms with Gasteiger partial charge in [0.05, 0.1) is 13.2 Å². The Bertz CT molecular complexity index is 217. The van der Waals surface area contributed by atoms with Gasteiger partial charge >= 0.3 is 0 Å². The van der Waals surface area contributed by atoms with Gasteiger partial charge in [0, 0.05) is 38.9 Å². The molecule has 0 aliphatic rings. The smallest absolute Gasteiger partial charge is 0.0615 e. The lowest BCUT2D eigenvalue weighted by atomic mass is 10.1. The molecule has 4 heteroatoms. The van der Waals surface area contributed by atoms with Gasteiger partial charge in [-0.3, -0.25) is 4.90 Å². The van der Waals surface area contributed by atoms with E-state index in [1.165, 1.54) is 0 Å². The maximum absolute atomic E-state index is 5.26. The fraction of sp³-hybridized carbons (Fsp3) is 1.00. The molecule has 1 N–H and O–H groups in total. The molecule has 0 fully saturated rings. The molecule has 0 rings (SSSR count). The van der Waals surface area contributed by atoms with Crippen LogP contribution in [0.4, 0.5) is 0 Å². The molecule has 116 valence electrons. The summed E-state index contributed by atoms with van der Waals surface area (Å²) in [6.07, 6.45) is 0. The SMILES string of the molecule is COCCN(CC(C)CNC(C)(C)C)C(C)COC. The highest BCUT2D eigenvalue weighted by Crippen LogP contribution is 2.07. The number of rotatable bonds is 10. The topological polar surface area (TPSA) is 33.7 Å². The third-order valence-electron chi connectivity index (χ3n) is 3.14. The lowest BCUT2D eigenvalue weighted by Gasteiger charge is -2.32. The molecule has 0 aliphatic carbocycles. The van der Waals surface area contributed by atoms with Crippen molar-refractivity contribution in [3.05, 3.63) is 0 Å². The maximum atomic E-state index is 5.26. The van der Waals surface area contributed by atoms with Gasteiger partial charge in [-0.25, -0.2) is 0 Å². The molecule has 0 aromatic heterocycles. The molecule has 0 saturated heterocycles. The molecule has 0 radical (unpaired) electrons. The lowest BCUT2D eigenvalue weighted by Crippen LogP contribution is -2.45. The van der Waals surface area contributed by atoms with Crippen molar-refractivity contribution in [2.75, 3.05) is 47.1 Å². The van der Waals surface area contributed by atoms with Crippen molar-refractivity contribution in [1.82, 2.24) is 10.2 Å². The second kappa shape index (κ2) is 9.70. The summed E-state index contributed by atoms with van der Waals surface area (Å²) in [7, 11) is 3.51. The van der Waals surface area contributed by atoms with Gasteiger partial charge in [0.2, 0.25) is 0 Å². The van der Waals surface area contributed by atoms with Gasteiger partial charge < -0.3 is 14.8 Å². The van der Waals surface area contributed by atoms with E-state index >= 15 is 0 Å². The van der Waals surface area contributed by atoms with E-state index in [-0.39, 0.29) is 5.54 Å². The Labute approximate surface area is 119 Å². The van der Waals surface area contributed by atoms with E-state index in [0.717, 1.165) is 32.8 Å². The molecule has 19 heavy (non-hydrogen) atoms. The van der Waals surface area contributed by atoms with Gasteiger partial charge in [-0.15, -0.1) is 0 Å². The zero-order chi connectivity index (χ0) is 14.9. The van der Waals surface area contributed by atoms with Crippen molar-refractivity contribution in [1.29, 1.82) is 0 Å². The lowest BCUT2D eigenvalue weighted by molar-refractivity contribution is 0.0658. The summed E-state index contributed by atoms with van der Waals surface area (Å²) in [6, 6.07) is 0.428. The summed E-state index contributed by atoms with van der Waals surface area (Å²) in [6.45, 7) is 15.7. The van der Waals surface area contributed by atoms with Crippen molar-refractivity contribution in [2.24, 2.45) is 5.92 Å². The van der Waals surface area contributed by atoms with Crippen LogP contribution in [0.1, 0.15) is 34.6 Å². The minimum Gasteiger partial charge on any atom is -0.383 e. The largest absolute Gasteiger partial charge is 0.383 e. The van der Waals surface area contributed by atoms with Gasteiger partial charge in [0.1, 0.15) is 0 Å². The van der Waals surface area contributed by atoms with Crippen LogP contribution in [0.25, 0.3) is 0 Å². The van der Waals surface area contributed by atoms with Gasteiger partial charge in [0.15, 0.2) is 0 Å². The standard InChI is InChI=1S/C15H34N2O2/c1-13(10-16-15(3,4)5)11-17(8-9-18-6)14(2)12-19-7/h13-14,16H,8-12H2,1-7H3. The zero-order valence-electron chi connectivity index (χ0n) is 14.0. The van der Waals surface area contributed by atoms with E-state index in [1.807, 2.05) is 0 Å². The first-order valence-corrected chi connectivity index (χ1v) is 7.27. The van der Waals surface area contributed by atoms with E-state index < -0.39 is 0 Å². The highest BCUT2D eigenvalue weighted by atomic mass is 16.5. The maximum Gasteiger partial charge on any atom is 0.0615 e. The number of nitrogens with zero attached hydrogens (tertiary/aromatic N) is 1. The van der Waals surface area contributed by atoms with Crippen LogP contribution in [0, 0.1) is 5.92 Å². The van der Waals surface area contributed by atoms with E-state index in [4.69, 9.17) is 9.47 Å². The second-order valence-corrected chi connectivity index (χ2v) is 6.53. The van der Waals surface area contributed by atoms with E-state index in [0.29, 0.717) is 12.0 Å². The number of hydrogen-bond acceptors (Lipinski definition) is 4. The van der Waals surface area contributed by atoms with Crippen LogP contribution in [0.5, 0.6) is 0 Å². The quantitative estimate of drug-likeness (QED) is 0.660. The van der Waals surface area contributed by atoms with E-state index in [1.54, 1.807) is 14.2 Å². The van der Waals surface area contributed by atoms with E-state index in [9.17, 15) is 0 Å². The molecule has 0 amide bonds. The number of methoxy groups -OCH3 is 2. The van der Waals surface area contributed by atoms with Gasteiger partial charge in [0.25, 0.3) is 0 Å². The van der Waals surface area contributed by atoms with Crippen molar-refractivity contribution in [2.45, 2.75) is 46.2 Å². The van der Waals surface area contributed by atoms with Crippen molar-refractivity contribution in [3.8, 4) is 0 Å². The van der Waals surface area contributed by atoms with Gasteiger partial charge in [-0.05, 0) is 40.2 Å². The first-order chi connectivity index (χ1) is 8.80. The zero-order valence-corrected chi connectivity index (χ0v) is 14.0. The van der Waals surface area contributed by atoms with Crippen LogP contribution in [0.3, 0.4) is 0 Å². The summed E-state index contributed by atoms with van der Waals surface area (Å²) in [5.74, 6) is 0.607. The molecule has 2 unspecified atom stereocenters. The van der Waals surface area contributed by atoms with Crippen LogP contribution in [0.15, 0.2) is 0 Å². The predicted octanol–water partition coefficient (Wildman–Crippen LogP) is 1.99. The van der Waals surface area contributed by atoms with Crippen LogP contribution >= 0.6 is 0 Å². The summed E-state index contributed by atoms with van der Waals surface area (Å²) in [5.41, 5.74) is 0.184. The molecule has 0 aromatic carbocycles. The summed E-state index contributed by atoms with van der Waals surface area (Å²) in [5, 5.41) is 3.56. The number of ether oxygens (including phenoxy) is 2. The number of hydrogen-bond donors (Lipinski definition) is 1. The molecular formula is C15H34N2O2. The average molecular weight is 274 g/mol. The third kappa shape index (κ3) is 10.3. The van der Waals surface area contributed by atoms with E-state index in [2.05, 4.69) is 44.8 Å². The molecule has 0 saturated carbocycles. The predicted molar refractivity (Wildman–Crippen MR) is 81.7 cm³/mol. The Kier molecular flexibility index (Phi) is 9.62.